The van der Waals surface area contributed by atoms with E-state index >= 15 is 0 Å². The van der Waals surface area contributed by atoms with Gasteiger partial charge in [0.15, 0.2) is 0 Å². The number of nitrogens with one attached hydrogen (secondary N) is 1. The number of hydrogen-bond acceptors (Lipinski definition) is 4. The number of nitrogens with zero attached hydrogens (tertiary/aromatic N) is 2. The Morgan fingerprint density at radius 1 is 1.31 bits per heavy atom. The van der Waals surface area contributed by atoms with Gasteiger partial charge in [-0.25, -0.2) is 9.97 Å². The van der Waals surface area contributed by atoms with Crippen molar-refractivity contribution in [3.05, 3.63) is 17.0 Å². The van der Waals surface area contributed by atoms with Crippen molar-refractivity contribution in [3.63, 3.8) is 0 Å². The van der Waals surface area contributed by atoms with Gasteiger partial charge in [-0.05, 0) is 26.2 Å². The molecule has 4 nitrogen and oxygen atoms in total. The molecule has 0 aliphatic rings. The summed E-state index contributed by atoms with van der Waals surface area (Å²) in [6, 6.07) is 0. The van der Waals surface area contributed by atoms with Crippen LogP contribution in [-0.4, -0.2) is 30.2 Å². The third-order valence-corrected chi connectivity index (χ3v) is 2.72. The molecule has 0 spiro atoms. The van der Waals surface area contributed by atoms with E-state index in [0.717, 1.165) is 43.8 Å². The van der Waals surface area contributed by atoms with Crippen LogP contribution in [0.1, 0.15) is 24.8 Å². The van der Waals surface area contributed by atoms with Gasteiger partial charge in [0, 0.05) is 25.8 Å². The topological polar surface area (TPSA) is 47.0 Å². The minimum atomic E-state index is 0.511. The lowest BCUT2D eigenvalue weighted by Gasteiger charge is -2.08. The number of aromatic nitrogens is 2. The number of ether oxygens (including phenoxy) is 1. The van der Waals surface area contributed by atoms with Crippen molar-refractivity contribution in [2.45, 2.75) is 26.2 Å². The summed E-state index contributed by atoms with van der Waals surface area (Å²) in [5, 5.41) is 3.77. The summed E-state index contributed by atoms with van der Waals surface area (Å²) in [6.45, 7) is 3.64. The molecule has 0 atom stereocenters. The zero-order valence-corrected chi connectivity index (χ0v) is 10.5. The molecule has 0 bridgehead atoms. The number of anilines is 1. The monoisotopic (exact) mass is 243 g/mol. The van der Waals surface area contributed by atoms with E-state index in [1.165, 1.54) is 6.33 Å². The molecule has 16 heavy (non-hydrogen) atoms. The van der Waals surface area contributed by atoms with Crippen LogP contribution in [0, 0.1) is 6.92 Å². The molecule has 0 fully saturated rings. The number of methoxy groups -OCH3 is 1. The normalized spacial score (nSPS) is 10.4. The van der Waals surface area contributed by atoms with E-state index in [1.807, 2.05) is 6.92 Å². The van der Waals surface area contributed by atoms with E-state index in [-0.39, 0.29) is 0 Å². The Hall–Kier alpha value is -0.870. The van der Waals surface area contributed by atoms with Crippen molar-refractivity contribution in [1.82, 2.24) is 9.97 Å². The third kappa shape index (κ3) is 4.33. The zero-order valence-electron chi connectivity index (χ0n) is 9.79. The van der Waals surface area contributed by atoms with Crippen molar-refractivity contribution >= 4 is 17.4 Å². The highest BCUT2D eigenvalue weighted by Crippen LogP contribution is 2.17. The predicted octanol–water partition coefficient (Wildman–Crippen LogP) is 2.67. The molecule has 1 N–H and O–H groups in total. The molecule has 1 heterocycles. The predicted molar refractivity (Wildman–Crippen MR) is 66.0 cm³/mol. The molecule has 1 rings (SSSR count). The van der Waals surface area contributed by atoms with Gasteiger partial charge in [-0.3, -0.25) is 0 Å². The van der Waals surface area contributed by atoms with Gasteiger partial charge in [0.1, 0.15) is 17.3 Å². The second kappa shape index (κ2) is 7.41. The number of halogens is 1. The lowest BCUT2D eigenvalue weighted by Crippen LogP contribution is -2.06. The summed E-state index contributed by atoms with van der Waals surface area (Å²) in [5.41, 5.74) is 0.904. The molecule has 0 saturated carbocycles. The van der Waals surface area contributed by atoms with E-state index in [4.69, 9.17) is 16.3 Å². The molecule has 0 unspecified atom stereocenters. The Balaban J connectivity index is 2.24. The molecule has 1 aromatic rings. The number of hydrogen-bond donors (Lipinski definition) is 1. The fourth-order valence-electron chi connectivity index (χ4n) is 1.36. The second-order valence-corrected chi connectivity index (χ2v) is 3.98. The van der Waals surface area contributed by atoms with Crippen molar-refractivity contribution in [1.29, 1.82) is 0 Å². The van der Waals surface area contributed by atoms with Crippen molar-refractivity contribution in [2.75, 3.05) is 25.6 Å². The Morgan fingerprint density at radius 3 is 2.88 bits per heavy atom. The van der Waals surface area contributed by atoms with Crippen molar-refractivity contribution in [2.24, 2.45) is 0 Å². The standard InChI is InChI=1S/C11H18ClN3O/c1-9-10(12)14-8-15-11(9)13-6-4-3-5-7-16-2/h8H,3-7H2,1-2H3,(H,13,14,15). The summed E-state index contributed by atoms with van der Waals surface area (Å²) in [5.74, 6) is 0.826. The van der Waals surface area contributed by atoms with Crippen LogP contribution in [0.4, 0.5) is 5.82 Å². The SMILES string of the molecule is COCCCCCNc1ncnc(Cl)c1C. The molecule has 0 amide bonds. The zero-order chi connectivity index (χ0) is 11.8. The largest absolute Gasteiger partial charge is 0.385 e. The van der Waals surface area contributed by atoms with E-state index in [1.54, 1.807) is 7.11 Å². The first-order valence-electron chi connectivity index (χ1n) is 5.45. The van der Waals surface area contributed by atoms with Crippen LogP contribution < -0.4 is 5.32 Å². The summed E-state index contributed by atoms with van der Waals surface area (Å²) in [4.78, 5) is 8.05. The number of rotatable bonds is 7. The van der Waals surface area contributed by atoms with Gasteiger partial charge in [-0.15, -0.1) is 0 Å². The van der Waals surface area contributed by atoms with E-state index in [2.05, 4.69) is 15.3 Å². The summed E-state index contributed by atoms with van der Waals surface area (Å²) in [6.07, 6.45) is 4.83. The van der Waals surface area contributed by atoms with E-state index in [0.29, 0.717) is 5.15 Å². The summed E-state index contributed by atoms with van der Waals surface area (Å²) in [7, 11) is 1.73. The Labute approximate surface area is 101 Å². The minimum Gasteiger partial charge on any atom is -0.385 e. The minimum absolute atomic E-state index is 0.511. The highest BCUT2D eigenvalue weighted by atomic mass is 35.5. The summed E-state index contributed by atoms with van der Waals surface area (Å²) >= 11 is 5.89. The van der Waals surface area contributed by atoms with Crippen LogP contribution >= 0.6 is 11.6 Å². The van der Waals surface area contributed by atoms with Crippen molar-refractivity contribution in [3.8, 4) is 0 Å². The number of unbranched alkanes of at least 4 members (excludes halogenated alkanes) is 2. The molecule has 0 aromatic carbocycles. The first-order chi connectivity index (χ1) is 7.75. The fourth-order valence-corrected chi connectivity index (χ4v) is 1.49. The van der Waals surface area contributed by atoms with Gasteiger partial charge >= 0.3 is 0 Å². The first-order valence-corrected chi connectivity index (χ1v) is 5.83. The van der Waals surface area contributed by atoms with Gasteiger partial charge in [-0.2, -0.15) is 0 Å². The Morgan fingerprint density at radius 2 is 2.12 bits per heavy atom. The molecular formula is C11H18ClN3O. The quantitative estimate of drug-likeness (QED) is 0.591. The lowest BCUT2D eigenvalue weighted by atomic mass is 10.2. The van der Waals surface area contributed by atoms with Gasteiger partial charge < -0.3 is 10.1 Å². The molecule has 0 saturated heterocycles. The van der Waals surface area contributed by atoms with Crippen LogP contribution in [0.15, 0.2) is 6.33 Å². The van der Waals surface area contributed by atoms with Gasteiger partial charge in [0.2, 0.25) is 0 Å². The van der Waals surface area contributed by atoms with Crippen LogP contribution in [0.25, 0.3) is 0 Å². The van der Waals surface area contributed by atoms with Crippen LogP contribution in [0.5, 0.6) is 0 Å². The first kappa shape index (κ1) is 13.2. The van der Waals surface area contributed by atoms with E-state index < -0.39 is 0 Å². The van der Waals surface area contributed by atoms with Crippen LogP contribution in [0.2, 0.25) is 5.15 Å². The molecule has 0 radical (unpaired) electrons. The van der Waals surface area contributed by atoms with Crippen LogP contribution in [0.3, 0.4) is 0 Å². The average molecular weight is 244 g/mol. The Kier molecular flexibility index (Phi) is 6.11. The van der Waals surface area contributed by atoms with Gasteiger partial charge in [0.05, 0.1) is 0 Å². The molecule has 0 aliphatic carbocycles. The van der Waals surface area contributed by atoms with Gasteiger partial charge in [-0.1, -0.05) is 11.6 Å². The molecule has 90 valence electrons. The molecule has 0 aliphatic heterocycles. The van der Waals surface area contributed by atoms with Crippen molar-refractivity contribution < 1.29 is 4.74 Å². The highest BCUT2D eigenvalue weighted by molar-refractivity contribution is 6.30. The molecule has 5 heteroatoms. The maximum absolute atomic E-state index is 5.89. The van der Waals surface area contributed by atoms with Crippen LogP contribution in [-0.2, 0) is 4.74 Å². The average Bonchev–Trinajstić information content (AvgIpc) is 2.29. The maximum atomic E-state index is 5.89. The summed E-state index contributed by atoms with van der Waals surface area (Å²) < 4.78 is 4.98. The molecule has 1 aromatic heterocycles. The lowest BCUT2D eigenvalue weighted by molar-refractivity contribution is 0.192. The third-order valence-electron chi connectivity index (χ3n) is 2.34. The fraction of sp³-hybridized carbons (Fsp3) is 0.636. The Bertz CT molecular complexity index is 320. The molecular weight excluding hydrogens is 226 g/mol. The maximum Gasteiger partial charge on any atom is 0.137 e. The highest BCUT2D eigenvalue weighted by Gasteiger charge is 2.03. The second-order valence-electron chi connectivity index (χ2n) is 3.62. The van der Waals surface area contributed by atoms with Gasteiger partial charge in [0.25, 0.3) is 0 Å². The smallest absolute Gasteiger partial charge is 0.137 e. The van der Waals surface area contributed by atoms with E-state index in [9.17, 15) is 0 Å².